The predicted molar refractivity (Wildman–Crippen MR) is 71.5 cm³/mol. The number of carbonyl (C=O) groups is 2. The van der Waals surface area contributed by atoms with Crippen LogP contribution in [0.5, 0.6) is 0 Å². The maximum absolute atomic E-state index is 11.7. The van der Waals surface area contributed by atoms with Crippen molar-refractivity contribution in [2.24, 2.45) is 23.7 Å². The number of urea groups is 1. The fraction of sp³-hybridized carbons (Fsp3) is 0.857. The van der Waals surface area contributed by atoms with Gasteiger partial charge in [-0.1, -0.05) is 6.42 Å². The van der Waals surface area contributed by atoms with Gasteiger partial charge in [0.05, 0.1) is 0 Å². The maximum atomic E-state index is 11.7. The van der Waals surface area contributed by atoms with Crippen LogP contribution in [0.25, 0.3) is 0 Å². The zero-order chi connectivity index (χ0) is 13.2. The summed E-state index contributed by atoms with van der Waals surface area (Å²) in [6.07, 6.45) is 5.97. The van der Waals surface area contributed by atoms with E-state index < -0.39 is 0 Å². The van der Waals surface area contributed by atoms with Crippen molar-refractivity contribution in [1.29, 1.82) is 0 Å². The first kappa shape index (κ1) is 12.8. The molecule has 106 valence electrons. The third kappa shape index (κ3) is 3.01. The highest BCUT2D eigenvalue weighted by atomic mass is 16.2. The Morgan fingerprint density at radius 2 is 2.05 bits per heavy atom. The summed E-state index contributed by atoms with van der Waals surface area (Å²) in [7, 11) is 0. The number of hydrogen-bond donors (Lipinski definition) is 3. The van der Waals surface area contributed by atoms with E-state index in [1.54, 1.807) is 0 Å². The van der Waals surface area contributed by atoms with Crippen molar-refractivity contribution >= 4 is 11.9 Å². The topological polar surface area (TPSA) is 70.2 Å². The molecule has 0 spiro atoms. The van der Waals surface area contributed by atoms with Crippen LogP contribution >= 0.6 is 0 Å². The zero-order valence-corrected chi connectivity index (χ0v) is 11.3. The second kappa shape index (κ2) is 5.39. The Kier molecular flexibility index (Phi) is 3.62. The molecule has 2 aliphatic carbocycles. The molecule has 1 aliphatic heterocycles. The van der Waals surface area contributed by atoms with Crippen molar-refractivity contribution in [1.82, 2.24) is 16.0 Å². The second-order valence-corrected chi connectivity index (χ2v) is 6.40. The Hall–Kier alpha value is -1.26. The molecule has 5 heteroatoms. The number of carbonyl (C=O) groups excluding carboxylic acids is 2. The van der Waals surface area contributed by atoms with Crippen LogP contribution in [-0.2, 0) is 4.79 Å². The molecule has 4 unspecified atom stereocenters. The number of fused-ring (bicyclic) bond motifs is 2. The first-order valence-corrected chi connectivity index (χ1v) is 7.49. The van der Waals surface area contributed by atoms with Crippen molar-refractivity contribution < 1.29 is 9.59 Å². The molecule has 1 saturated heterocycles. The van der Waals surface area contributed by atoms with E-state index in [4.69, 9.17) is 0 Å². The Morgan fingerprint density at radius 1 is 1.21 bits per heavy atom. The Bertz CT molecular complexity index is 372. The van der Waals surface area contributed by atoms with E-state index in [1.165, 1.54) is 25.7 Å². The van der Waals surface area contributed by atoms with E-state index in [-0.39, 0.29) is 17.9 Å². The fourth-order valence-corrected chi connectivity index (χ4v) is 3.96. The van der Waals surface area contributed by atoms with Crippen LogP contribution < -0.4 is 16.0 Å². The minimum atomic E-state index is -0.0814. The van der Waals surface area contributed by atoms with Crippen molar-refractivity contribution in [3.63, 3.8) is 0 Å². The zero-order valence-electron chi connectivity index (χ0n) is 11.3. The smallest absolute Gasteiger partial charge is 0.314 e. The molecule has 2 bridgehead atoms. The van der Waals surface area contributed by atoms with Gasteiger partial charge in [-0.3, -0.25) is 4.79 Å². The average molecular weight is 265 g/mol. The maximum Gasteiger partial charge on any atom is 0.314 e. The van der Waals surface area contributed by atoms with E-state index >= 15 is 0 Å². The summed E-state index contributed by atoms with van der Waals surface area (Å²) in [4.78, 5) is 22.7. The van der Waals surface area contributed by atoms with E-state index in [0.29, 0.717) is 25.4 Å². The largest absolute Gasteiger partial charge is 0.356 e. The van der Waals surface area contributed by atoms with E-state index in [0.717, 1.165) is 18.4 Å². The first-order valence-electron chi connectivity index (χ1n) is 7.49. The molecule has 3 fully saturated rings. The summed E-state index contributed by atoms with van der Waals surface area (Å²) in [6.45, 7) is 2.08. The van der Waals surface area contributed by atoms with Gasteiger partial charge < -0.3 is 16.0 Å². The van der Waals surface area contributed by atoms with Gasteiger partial charge in [-0.05, 0) is 37.0 Å². The van der Waals surface area contributed by atoms with Crippen molar-refractivity contribution in [2.45, 2.75) is 32.1 Å². The normalized spacial score (nSPS) is 36.3. The van der Waals surface area contributed by atoms with Gasteiger partial charge in [0.15, 0.2) is 0 Å². The van der Waals surface area contributed by atoms with Crippen LogP contribution in [0.1, 0.15) is 32.1 Å². The molecule has 3 aliphatic rings. The molecule has 0 aromatic rings. The van der Waals surface area contributed by atoms with Crippen LogP contribution in [0.4, 0.5) is 4.79 Å². The molecule has 5 nitrogen and oxygen atoms in total. The molecule has 0 radical (unpaired) electrons. The monoisotopic (exact) mass is 265 g/mol. The lowest BCUT2D eigenvalue weighted by Gasteiger charge is -2.22. The molecule has 3 rings (SSSR count). The lowest BCUT2D eigenvalue weighted by atomic mass is 9.89. The molecular formula is C14H23N3O2. The highest BCUT2D eigenvalue weighted by Gasteiger charge is 2.39. The summed E-state index contributed by atoms with van der Waals surface area (Å²) in [5.74, 6) is 2.81. The first-order chi connectivity index (χ1) is 9.20. The third-order valence-corrected chi connectivity index (χ3v) is 5.02. The van der Waals surface area contributed by atoms with Crippen molar-refractivity contribution in [3.05, 3.63) is 0 Å². The minimum absolute atomic E-state index is 0.0814. The van der Waals surface area contributed by atoms with Crippen LogP contribution in [0.3, 0.4) is 0 Å². The lowest BCUT2D eigenvalue weighted by molar-refractivity contribution is -0.119. The number of hydrogen-bond acceptors (Lipinski definition) is 2. The van der Waals surface area contributed by atoms with E-state index in [1.807, 2.05) is 0 Å². The summed E-state index contributed by atoms with van der Waals surface area (Å²) in [5, 5.41) is 8.64. The summed E-state index contributed by atoms with van der Waals surface area (Å²) in [5.41, 5.74) is 0. The fourth-order valence-electron chi connectivity index (χ4n) is 3.96. The van der Waals surface area contributed by atoms with E-state index in [2.05, 4.69) is 16.0 Å². The molecule has 2 saturated carbocycles. The molecular weight excluding hydrogens is 242 g/mol. The van der Waals surface area contributed by atoms with Gasteiger partial charge in [0, 0.05) is 32.0 Å². The van der Waals surface area contributed by atoms with Crippen LogP contribution in [0.2, 0.25) is 0 Å². The summed E-state index contributed by atoms with van der Waals surface area (Å²) >= 11 is 0. The number of nitrogens with one attached hydrogen (secondary N) is 3. The molecule has 0 aromatic carbocycles. The van der Waals surface area contributed by atoms with Gasteiger partial charge in [-0.15, -0.1) is 0 Å². The summed E-state index contributed by atoms with van der Waals surface area (Å²) in [6, 6.07) is -0.0814. The van der Waals surface area contributed by atoms with E-state index in [9.17, 15) is 9.59 Å². The van der Waals surface area contributed by atoms with Crippen LogP contribution in [0.15, 0.2) is 0 Å². The van der Waals surface area contributed by atoms with Gasteiger partial charge >= 0.3 is 6.03 Å². The molecule has 1 heterocycles. The minimum Gasteiger partial charge on any atom is -0.356 e. The van der Waals surface area contributed by atoms with Gasteiger partial charge in [0.25, 0.3) is 0 Å². The number of rotatable bonds is 4. The molecule has 4 atom stereocenters. The molecule has 3 amide bonds. The molecule has 3 N–H and O–H groups in total. The molecule has 19 heavy (non-hydrogen) atoms. The van der Waals surface area contributed by atoms with Crippen LogP contribution in [0, 0.1) is 23.7 Å². The Labute approximate surface area is 113 Å². The quantitative estimate of drug-likeness (QED) is 0.705. The van der Waals surface area contributed by atoms with Gasteiger partial charge in [0.1, 0.15) is 0 Å². The molecule has 0 aromatic heterocycles. The van der Waals surface area contributed by atoms with Crippen molar-refractivity contribution in [2.75, 3.05) is 19.6 Å². The second-order valence-electron chi connectivity index (χ2n) is 6.40. The van der Waals surface area contributed by atoms with Gasteiger partial charge in [-0.25, -0.2) is 4.79 Å². The average Bonchev–Trinajstić information content (AvgIpc) is 3.10. The lowest BCUT2D eigenvalue weighted by Crippen LogP contribution is -2.41. The number of amides is 3. The van der Waals surface area contributed by atoms with Gasteiger partial charge in [0.2, 0.25) is 5.91 Å². The summed E-state index contributed by atoms with van der Waals surface area (Å²) < 4.78 is 0. The van der Waals surface area contributed by atoms with Crippen molar-refractivity contribution in [3.8, 4) is 0 Å². The van der Waals surface area contributed by atoms with Crippen LogP contribution in [-0.4, -0.2) is 31.6 Å². The Morgan fingerprint density at radius 3 is 2.68 bits per heavy atom. The Balaban J connectivity index is 1.32. The SMILES string of the molecule is O=C1CC(CNC(=O)NCC2CC3CCC2C3)CN1. The highest BCUT2D eigenvalue weighted by molar-refractivity contribution is 5.78. The highest BCUT2D eigenvalue weighted by Crippen LogP contribution is 2.47. The van der Waals surface area contributed by atoms with Gasteiger partial charge in [-0.2, -0.15) is 0 Å². The predicted octanol–water partition coefficient (Wildman–Crippen LogP) is 0.858. The standard InChI is InChI=1S/C14H23N3O2/c18-13-5-10(6-15-13)7-16-14(19)17-8-12-4-9-1-2-11(12)3-9/h9-12H,1-8H2,(H,15,18)(H2,16,17,19). The third-order valence-electron chi connectivity index (χ3n) is 5.02.